The van der Waals surface area contributed by atoms with E-state index >= 15 is 0 Å². The lowest BCUT2D eigenvalue weighted by Gasteiger charge is -2.35. The predicted octanol–water partition coefficient (Wildman–Crippen LogP) is 3.70. The molecule has 0 saturated carbocycles. The first-order valence-electron chi connectivity index (χ1n) is 10.9. The van der Waals surface area contributed by atoms with Crippen molar-refractivity contribution < 1.29 is 18.3 Å². The van der Waals surface area contributed by atoms with Crippen LogP contribution in [0.15, 0.2) is 30.5 Å². The normalized spacial score (nSPS) is 15.9. The van der Waals surface area contributed by atoms with E-state index in [-0.39, 0.29) is 12.2 Å². The van der Waals surface area contributed by atoms with E-state index in [2.05, 4.69) is 30.1 Å². The Balaban J connectivity index is 1.62. The molecule has 1 aromatic carbocycles. The fourth-order valence-corrected chi connectivity index (χ4v) is 4.12. The molecule has 1 aliphatic rings. The van der Waals surface area contributed by atoms with Gasteiger partial charge in [-0.1, -0.05) is 18.2 Å². The standard InChI is InChI=1S/C23H27F3N6O/c1-14(16-4-3-5-17(21(16)24)22(25)26)28-23-18-12-20(27-13-19(18)29-15(2)30-23)32-8-6-31(7-9-32)10-11-33/h3-5,12-14,22,33H,6-11H2,1-2H3,(H,28,29,30)/t14-/m1/s1. The molecule has 7 nitrogen and oxygen atoms in total. The number of nitrogens with one attached hydrogen (secondary N) is 1. The van der Waals surface area contributed by atoms with Gasteiger partial charge in [0.1, 0.15) is 23.3 Å². The van der Waals surface area contributed by atoms with Gasteiger partial charge in [-0.3, -0.25) is 4.90 Å². The number of rotatable bonds is 7. The van der Waals surface area contributed by atoms with Crippen LogP contribution in [0, 0.1) is 12.7 Å². The molecule has 0 unspecified atom stereocenters. The highest BCUT2D eigenvalue weighted by Crippen LogP contribution is 2.31. The van der Waals surface area contributed by atoms with E-state index in [1.165, 1.54) is 12.1 Å². The molecule has 176 valence electrons. The fourth-order valence-electron chi connectivity index (χ4n) is 4.12. The maximum Gasteiger partial charge on any atom is 0.266 e. The minimum absolute atomic E-state index is 0.138. The number of β-amino-alcohol motifs (C(OH)–C–C–N with tert-alkyl or cyclic N) is 1. The number of pyridine rings is 1. The zero-order chi connectivity index (χ0) is 23.5. The van der Waals surface area contributed by atoms with Crippen LogP contribution in [0.5, 0.6) is 0 Å². The number of fused-ring (bicyclic) bond motifs is 1. The average Bonchev–Trinajstić information content (AvgIpc) is 2.79. The van der Waals surface area contributed by atoms with Gasteiger partial charge >= 0.3 is 0 Å². The second kappa shape index (κ2) is 9.88. The summed E-state index contributed by atoms with van der Waals surface area (Å²) in [7, 11) is 0. The molecule has 1 fully saturated rings. The molecule has 10 heteroatoms. The molecule has 1 saturated heterocycles. The molecule has 3 heterocycles. The third kappa shape index (κ3) is 5.01. The van der Waals surface area contributed by atoms with Crippen LogP contribution in [0.1, 0.15) is 36.3 Å². The number of aliphatic hydroxyl groups is 1. The second-order valence-corrected chi connectivity index (χ2v) is 8.15. The molecular weight excluding hydrogens is 433 g/mol. The summed E-state index contributed by atoms with van der Waals surface area (Å²) in [6.07, 6.45) is -1.20. The van der Waals surface area contributed by atoms with E-state index in [4.69, 9.17) is 5.11 Å². The van der Waals surface area contributed by atoms with Gasteiger partial charge in [-0.25, -0.2) is 28.1 Å². The van der Waals surface area contributed by atoms with Gasteiger partial charge in [0.2, 0.25) is 0 Å². The largest absolute Gasteiger partial charge is 0.395 e. The van der Waals surface area contributed by atoms with Crippen molar-refractivity contribution in [1.29, 1.82) is 0 Å². The van der Waals surface area contributed by atoms with Crippen molar-refractivity contribution in [2.75, 3.05) is 49.5 Å². The third-order valence-electron chi connectivity index (χ3n) is 5.91. The first-order valence-corrected chi connectivity index (χ1v) is 10.9. The quantitative estimate of drug-likeness (QED) is 0.557. The van der Waals surface area contributed by atoms with Crippen LogP contribution in [0.4, 0.5) is 24.8 Å². The van der Waals surface area contributed by atoms with Gasteiger partial charge in [0.25, 0.3) is 6.43 Å². The SMILES string of the molecule is Cc1nc(N[C@H](C)c2cccc(C(F)F)c2F)c2cc(N3CCN(CCO)CC3)ncc2n1. The Morgan fingerprint density at radius 3 is 2.55 bits per heavy atom. The number of piperazine rings is 1. The highest BCUT2D eigenvalue weighted by atomic mass is 19.3. The van der Waals surface area contributed by atoms with E-state index in [9.17, 15) is 13.2 Å². The molecule has 4 rings (SSSR count). The van der Waals surface area contributed by atoms with Gasteiger partial charge in [-0.05, 0) is 19.9 Å². The highest BCUT2D eigenvalue weighted by molar-refractivity contribution is 5.90. The third-order valence-corrected chi connectivity index (χ3v) is 5.91. The molecule has 0 aliphatic carbocycles. The Labute approximate surface area is 190 Å². The number of alkyl halides is 2. The number of aromatic nitrogens is 3. The summed E-state index contributed by atoms with van der Waals surface area (Å²) in [6.45, 7) is 7.45. The van der Waals surface area contributed by atoms with Gasteiger partial charge in [-0.2, -0.15) is 0 Å². The number of aliphatic hydroxyl groups excluding tert-OH is 1. The summed E-state index contributed by atoms with van der Waals surface area (Å²) in [6, 6.07) is 5.32. The monoisotopic (exact) mass is 460 g/mol. The van der Waals surface area contributed by atoms with Crippen LogP contribution in [-0.2, 0) is 0 Å². The lowest BCUT2D eigenvalue weighted by molar-refractivity contribution is 0.146. The Morgan fingerprint density at radius 2 is 1.85 bits per heavy atom. The molecule has 2 N–H and O–H groups in total. The number of anilines is 2. The van der Waals surface area contributed by atoms with Crippen LogP contribution < -0.4 is 10.2 Å². The van der Waals surface area contributed by atoms with Gasteiger partial charge in [0, 0.05) is 43.7 Å². The van der Waals surface area contributed by atoms with E-state index in [1.807, 2.05) is 6.07 Å². The molecule has 0 amide bonds. The van der Waals surface area contributed by atoms with Crippen LogP contribution in [0.25, 0.3) is 10.9 Å². The van der Waals surface area contributed by atoms with Crippen LogP contribution in [0.3, 0.4) is 0 Å². The number of halogens is 3. The second-order valence-electron chi connectivity index (χ2n) is 8.15. The molecular formula is C23H27F3N6O. The van der Waals surface area contributed by atoms with Crippen molar-refractivity contribution >= 4 is 22.5 Å². The van der Waals surface area contributed by atoms with Crippen LogP contribution in [-0.4, -0.2) is 64.3 Å². The Morgan fingerprint density at radius 1 is 1.12 bits per heavy atom. The molecule has 0 spiro atoms. The molecule has 1 aliphatic heterocycles. The minimum atomic E-state index is -2.88. The van der Waals surface area contributed by atoms with Crippen LogP contribution in [0.2, 0.25) is 0 Å². The highest BCUT2D eigenvalue weighted by Gasteiger charge is 2.22. The minimum Gasteiger partial charge on any atom is -0.395 e. The van der Waals surface area contributed by atoms with E-state index in [0.29, 0.717) is 23.7 Å². The molecule has 33 heavy (non-hydrogen) atoms. The molecule has 3 aromatic rings. The van der Waals surface area contributed by atoms with Crippen LogP contribution >= 0.6 is 0 Å². The summed E-state index contributed by atoms with van der Waals surface area (Å²) in [5, 5.41) is 13.0. The van der Waals surface area contributed by atoms with Crippen molar-refractivity contribution in [2.45, 2.75) is 26.3 Å². The van der Waals surface area contributed by atoms with Crippen molar-refractivity contribution in [3.8, 4) is 0 Å². The van der Waals surface area contributed by atoms with Gasteiger partial charge in [0.05, 0.1) is 29.9 Å². The van der Waals surface area contributed by atoms with Gasteiger partial charge in [0.15, 0.2) is 0 Å². The summed E-state index contributed by atoms with van der Waals surface area (Å²) in [5.41, 5.74) is 0.171. The summed E-state index contributed by atoms with van der Waals surface area (Å²) in [4.78, 5) is 17.9. The fraction of sp³-hybridized carbons (Fsp3) is 0.435. The topological polar surface area (TPSA) is 77.4 Å². The summed E-state index contributed by atoms with van der Waals surface area (Å²) in [5.74, 6) is 0.881. The molecule has 0 bridgehead atoms. The zero-order valence-corrected chi connectivity index (χ0v) is 18.6. The number of benzene rings is 1. The number of nitrogens with zero attached hydrogens (tertiary/aromatic N) is 5. The summed E-state index contributed by atoms with van der Waals surface area (Å²) >= 11 is 0. The smallest absolute Gasteiger partial charge is 0.266 e. The van der Waals surface area contributed by atoms with E-state index in [1.54, 1.807) is 20.0 Å². The Bertz CT molecular complexity index is 1120. The Kier molecular flexibility index (Phi) is 6.94. The van der Waals surface area contributed by atoms with Gasteiger partial charge < -0.3 is 15.3 Å². The first kappa shape index (κ1) is 23.2. The lowest BCUT2D eigenvalue weighted by atomic mass is 10.0. The maximum absolute atomic E-state index is 14.7. The predicted molar refractivity (Wildman–Crippen MR) is 121 cm³/mol. The van der Waals surface area contributed by atoms with Crippen molar-refractivity contribution in [3.63, 3.8) is 0 Å². The number of hydrogen-bond acceptors (Lipinski definition) is 7. The Hall–Kier alpha value is -2.98. The average molecular weight is 461 g/mol. The van der Waals surface area contributed by atoms with Crippen molar-refractivity contribution in [3.05, 3.63) is 53.2 Å². The molecule has 2 aromatic heterocycles. The lowest BCUT2D eigenvalue weighted by Crippen LogP contribution is -2.47. The molecule has 1 atom stereocenters. The maximum atomic E-state index is 14.7. The van der Waals surface area contributed by atoms with Crippen molar-refractivity contribution in [1.82, 2.24) is 19.9 Å². The number of hydrogen-bond donors (Lipinski definition) is 2. The summed E-state index contributed by atoms with van der Waals surface area (Å²) < 4.78 is 41.0. The number of aryl methyl sites for hydroxylation is 1. The zero-order valence-electron chi connectivity index (χ0n) is 18.6. The van der Waals surface area contributed by atoms with E-state index < -0.39 is 23.8 Å². The van der Waals surface area contributed by atoms with E-state index in [0.717, 1.165) is 43.4 Å². The first-order chi connectivity index (χ1) is 15.9. The molecule has 0 radical (unpaired) electrons. The van der Waals surface area contributed by atoms with Crippen molar-refractivity contribution in [2.24, 2.45) is 0 Å². The van der Waals surface area contributed by atoms with Gasteiger partial charge in [-0.15, -0.1) is 0 Å².